The molecule has 1 aliphatic carbocycles. The van der Waals surface area contributed by atoms with Gasteiger partial charge in [-0.3, -0.25) is 19.0 Å². The van der Waals surface area contributed by atoms with E-state index in [1.807, 2.05) is 19.1 Å². The Hall–Kier alpha value is -6.48. The number of aryl methyl sites for hydroxylation is 1. The Balaban J connectivity index is 0.824. The van der Waals surface area contributed by atoms with Gasteiger partial charge in [-0.15, -0.1) is 0 Å². The van der Waals surface area contributed by atoms with Crippen molar-refractivity contribution in [3.05, 3.63) is 122 Å². The van der Waals surface area contributed by atoms with Crippen LogP contribution >= 0.6 is 11.6 Å². The summed E-state index contributed by atoms with van der Waals surface area (Å²) in [6, 6.07) is 17.3. The minimum atomic E-state index is -1.29. The Kier molecular flexibility index (Phi) is 13.1. The van der Waals surface area contributed by atoms with Gasteiger partial charge in [0.25, 0.3) is 17.0 Å². The van der Waals surface area contributed by atoms with Crippen LogP contribution in [0.4, 0.5) is 11.6 Å². The predicted molar refractivity (Wildman–Crippen MR) is 255 cm³/mol. The van der Waals surface area contributed by atoms with Crippen molar-refractivity contribution in [2.45, 2.75) is 65.7 Å². The molecular weight excluding hydrogens is 882 g/mol. The van der Waals surface area contributed by atoms with Crippen LogP contribution < -0.4 is 35.5 Å². The molecule has 1 saturated carbocycles. The van der Waals surface area contributed by atoms with Crippen molar-refractivity contribution in [2.75, 3.05) is 41.7 Å². The quantitative estimate of drug-likeness (QED) is 0.0919. The third-order valence-corrected chi connectivity index (χ3v) is 13.9. The van der Waals surface area contributed by atoms with E-state index >= 15 is 0 Å². The van der Waals surface area contributed by atoms with Crippen molar-refractivity contribution in [1.82, 2.24) is 29.4 Å². The van der Waals surface area contributed by atoms with Gasteiger partial charge in [-0.1, -0.05) is 46.2 Å². The van der Waals surface area contributed by atoms with Gasteiger partial charge in [0, 0.05) is 108 Å². The van der Waals surface area contributed by atoms with Crippen LogP contribution in [0.3, 0.4) is 0 Å². The minimum Gasteiger partial charge on any atom is -0.491 e. The molecule has 3 N–H and O–H groups in total. The van der Waals surface area contributed by atoms with Gasteiger partial charge < -0.3 is 38.7 Å². The van der Waals surface area contributed by atoms with Crippen molar-refractivity contribution < 1.29 is 23.2 Å². The maximum absolute atomic E-state index is 13.6. The molecule has 1 unspecified atom stereocenters. The van der Waals surface area contributed by atoms with E-state index in [0.29, 0.717) is 86.9 Å². The summed E-state index contributed by atoms with van der Waals surface area (Å²) in [6.07, 6.45) is 9.49. The molecule has 0 bridgehead atoms. The van der Waals surface area contributed by atoms with E-state index in [1.165, 1.54) is 15.2 Å². The molecule has 1 saturated heterocycles. The first-order valence-corrected chi connectivity index (χ1v) is 23.5. The summed E-state index contributed by atoms with van der Waals surface area (Å²) in [4.78, 5) is 54.1. The average Bonchev–Trinajstić information content (AvgIpc) is 3.81. The number of amides is 1. The lowest BCUT2D eigenvalue weighted by Crippen LogP contribution is -2.74. The molecule has 16 nitrogen and oxygen atoms in total. The Morgan fingerprint density at radius 1 is 0.985 bits per heavy atom. The number of ether oxygens (including phenoxy) is 3. The standard InChI is InChI=1S/C48H52ClN9O7S/c1-7-66(62)55-31-9-11-39(36(22-31)37-28-56(6)43(61)41-35(37)12-16-51-41)58-19-15-33(24-40(58)59)64-21-20-63-32-13-17-57(18-14-32)46-52-26-30(27-53-46)42(60)54-44-47(2,3)45(48(44,4)5)65-34-10-8-29(25-50)38(49)23-34/h8-12,15-16,19,22-24,26-28,32,44-45,51,55H,7,13-14,17-18,20-21H2,1-6H3,(H,54,60). The average molecular weight is 935 g/mol. The highest BCUT2D eigenvalue weighted by Gasteiger charge is 2.64. The van der Waals surface area contributed by atoms with Gasteiger partial charge in [0.2, 0.25) is 5.95 Å². The summed E-state index contributed by atoms with van der Waals surface area (Å²) in [7, 11) is 0.384. The minimum absolute atomic E-state index is 0.00778. The SMILES string of the molecule is CCS(=O)Nc1ccc(-n2ccc(OCCOC3CCN(c4ncc(C(=O)NC5C(C)(C)C(Oc6ccc(C#N)c(Cl)c6)C5(C)C)cn4)CC3)cc2=O)c(-c2cn(C)c(=O)c3[nH]ccc23)c1. The first kappa shape index (κ1) is 46.1. The summed E-state index contributed by atoms with van der Waals surface area (Å²) < 4.78 is 36.9. The molecule has 5 heterocycles. The summed E-state index contributed by atoms with van der Waals surface area (Å²) in [5, 5.41) is 13.4. The third kappa shape index (κ3) is 9.17. The van der Waals surface area contributed by atoms with Gasteiger partial charge in [-0.05, 0) is 55.3 Å². The van der Waals surface area contributed by atoms with E-state index in [0.717, 1.165) is 18.4 Å². The Morgan fingerprint density at radius 3 is 2.41 bits per heavy atom. The molecular formula is C48H52ClN9O7S. The van der Waals surface area contributed by atoms with Crippen LogP contribution in [-0.2, 0) is 22.8 Å². The number of rotatable bonds is 15. The second-order valence-electron chi connectivity index (χ2n) is 17.7. The van der Waals surface area contributed by atoms with Gasteiger partial charge in [-0.25, -0.2) is 14.2 Å². The van der Waals surface area contributed by atoms with E-state index in [4.69, 9.17) is 25.8 Å². The summed E-state index contributed by atoms with van der Waals surface area (Å²) in [6.45, 7) is 12.0. The number of aromatic nitrogens is 5. The van der Waals surface area contributed by atoms with E-state index in [1.54, 1.807) is 74.4 Å². The Labute approximate surface area is 389 Å². The Morgan fingerprint density at radius 2 is 1.73 bits per heavy atom. The number of piperidine rings is 1. The van der Waals surface area contributed by atoms with Gasteiger partial charge in [0.1, 0.15) is 46.8 Å². The number of carbonyl (C=O) groups excluding carboxylic acids is 1. The zero-order chi connectivity index (χ0) is 46.9. The van der Waals surface area contributed by atoms with Crippen LogP contribution in [0, 0.1) is 22.2 Å². The molecule has 0 radical (unpaired) electrons. The summed E-state index contributed by atoms with van der Waals surface area (Å²) in [5.41, 5.74) is 2.46. The lowest BCUT2D eigenvalue weighted by Gasteiger charge is -2.63. The van der Waals surface area contributed by atoms with Crippen LogP contribution in [0.15, 0.2) is 95.2 Å². The molecule has 8 rings (SSSR count). The number of pyridine rings is 2. The number of halogens is 1. The first-order chi connectivity index (χ1) is 31.6. The highest BCUT2D eigenvalue weighted by molar-refractivity contribution is 7.86. The number of benzene rings is 2. The van der Waals surface area contributed by atoms with Gasteiger partial charge in [-0.2, -0.15) is 5.26 Å². The van der Waals surface area contributed by atoms with E-state index in [9.17, 15) is 23.9 Å². The van der Waals surface area contributed by atoms with Crippen LogP contribution in [0.1, 0.15) is 63.4 Å². The number of aromatic amines is 1. The van der Waals surface area contributed by atoms with Gasteiger partial charge in [0.05, 0.1) is 34.5 Å². The molecule has 4 aromatic heterocycles. The maximum Gasteiger partial charge on any atom is 0.274 e. The molecule has 1 aliphatic heterocycles. The Bertz CT molecular complexity index is 2950. The molecule has 344 valence electrons. The van der Waals surface area contributed by atoms with Crippen molar-refractivity contribution in [1.29, 1.82) is 5.26 Å². The molecule has 18 heteroatoms. The molecule has 1 amide bonds. The second kappa shape index (κ2) is 18.8. The van der Waals surface area contributed by atoms with E-state index in [2.05, 4.69) is 63.7 Å². The largest absolute Gasteiger partial charge is 0.491 e. The molecule has 66 heavy (non-hydrogen) atoms. The molecule has 0 spiro atoms. The highest BCUT2D eigenvalue weighted by atomic mass is 35.5. The smallest absolute Gasteiger partial charge is 0.274 e. The number of hydrogen-bond donors (Lipinski definition) is 3. The molecule has 6 aromatic rings. The van der Waals surface area contributed by atoms with Crippen LogP contribution in [0.25, 0.3) is 27.7 Å². The zero-order valence-corrected chi connectivity index (χ0v) is 39.2. The number of H-pyrrole nitrogens is 1. The fraction of sp³-hybridized carbons (Fsp3) is 0.375. The normalized spacial score (nSPS) is 18.2. The summed E-state index contributed by atoms with van der Waals surface area (Å²) in [5.74, 6) is 1.67. The molecule has 2 aromatic carbocycles. The number of carbonyl (C=O) groups is 1. The number of nitriles is 1. The van der Waals surface area contributed by atoms with E-state index in [-0.39, 0.29) is 41.9 Å². The maximum atomic E-state index is 13.6. The fourth-order valence-corrected chi connectivity index (χ4v) is 10.2. The lowest BCUT2D eigenvalue weighted by atomic mass is 9.49. The summed E-state index contributed by atoms with van der Waals surface area (Å²) >= 11 is 6.25. The third-order valence-electron chi connectivity index (χ3n) is 12.6. The van der Waals surface area contributed by atoms with Crippen molar-refractivity contribution in [3.63, 3.8) is 0 Å². The zero-order valence-electron chi connectivity index (χ0n) is 37.6. The number of nitrogens with one attached hydrogen (secondary N) is 3. The number of hydrogen-bond acceptors (Lipinski definition) is 11. The van der Waals surface area contributed by atoms with Gasteiger partial charge >= 0.3 is 0 Å². The number of fused-ring (bicyclic) bond motifs is 1. The molecule has 2 aliphatic rings. The van der Waals surface area contributed by atoms with Crippen LogP contribution in [0.2, 0.25) is 5.02 Å². The monoisotopic (exact) mass is 933 g/mol. The number of anilines is 2. The second-order valence-corrected chi connectivity index (χ2v) is 19.6. The van der Waals surface area contributed by atoms with E-state index < -0.39 is 21.8 Å². The highest BCUT2D eigenvalue weighted by Crippen LogP contribution is 2.55. The van der Waals surface area contributed by atoms with Gasteiger partial charge in [0.15, 0.2) is 0 Å². The first-order valence-electron chi connectivity index (χ1n) is 21.8. The number of nitrogens with zero attached hydrogens (tertiary/aromatic N) is 6. The van der Waals surface area contributed by atoms with Crippen LogP contribution in [0.5, 0.6) is 11.5 Å². The van der Waals surface area contributed by atoms with Crippen molar-refractivity contribution >= 4 is 51.0 Å². The van der Waals surface area contributed by atoms with Crippen molar-refractivity contribution in [3.8, 4) is 34.4 Å². The molecule has 1 atom stereocenters. The van der Waals surface area contributed by atoms with Crippen molar-refractivity contribution in [2.24, 2.45) is 17.9 Å². The molecule has 2 fully saturated rings. The lowest BCUT2D eigenvalue weighted by molar-refractivity contribution is -0.164. The van der Waals surface area contributed by atoms with Crippen LogP contribution in [-0.4, -0.2) is 84.5 Å². The fourth-order valence-electron chi connectivity index (χ4n) is 9.47. The topological polar surface area (TPSA) is 198 Å². The predicted octanol–water partition coefficient (Wildman–Crippen LogP) is 6.77.